The fourth-order valence-electron chi connectivity index (χ4n) is 5.63. The van der Waals surface area contributed by atoms with Crippen LogP contribution in [0.25, 0.3) is 0 Å². The number of carbonyl (C=O) groups excluding carboxylic acids is 3. The van der Waals surface area contributed by atoms with Gasteiger partial charge >= 0.3 is 22.5 Å². The Kier molecular flexibility index (Phi) is 9.75. The Hall–Kier alpha value is -4.45. The van der Waals surface area contributed by atoms with Gasteiger partial charge in [-0.1, -0.05) is 49.8 Å². The van der Waals surface area contributed by atoms with Gasteiger partial charge in [0.1, 0.15) is 22.6 Å². The third-order valence-corrected chi connectivity index (χ3v) is 9.01. The molecule has 0 spiro atoms. The number of hydrogen-bond donors (Lipinski definition) is 2. The predicted octanol–water partition coefficient (Wildman–Crippen LogP) is 8.47. The van der Waals surface area contributed by atoms with E-state index in [1.807, 2.05) is 0 Å². The number of hydrogen-bond acceptors (Lipinski definition) is 6. The summed E-state index contributed by atoms with van der Waals surface area (Å²) in [6.07, 6.45) is -5.45. The van der Waals surface area contributed by atoms with Gasteiger partial charge < -0.3 is 15.2 Å². The molecule has 4 atom stereocenters. The molecule has 1 aromatic heterocycles. The van der Waals surface area contributed by atoms with Gasteiger partial charge in [0.25, 0.3) is 5.91 Å². The molecule has 2 heterocycles. The van der Waals surface area contributed by atoms with Crippen molar-refractivity contribution >= 4 is 33.8 Å². The minimum absolute atomic E-state index is 0.0664. The number of aromatic nitrogens is 1. The Balaban J connectivity index is 1.98. The first-order chi connectivity index (χ1) is 23.1. The molecule has 9 nitrogen and oxygen atoms in total. The molecule has 2 aromatic carbocycles. The second kappa shape index (κ2) is 12.6. The van der Waals surface area contributed by atoms with Gasteiger partial charge in [0.2, 0.25) is 5.91 Å². The average Bonchev–Trinajstić information content (AvgIpc) is 3.33. The van der Waals surface area contributed by atoms with Crippen molar-refractivity contribution in [1.29, 1.82) is 0 Å². The van der Waals surface area contributed by atoms with Gasteiger partial charge in [0.15, 0.2) is 0 Å². The van der Waals surface area contributed by atoms with Crippen LogP contribution >= 0.6 is 10.2 Å². The van der Waals surface area contributed by atoms with Crippen molar-refractivity contribution < 1.29 is 56.8 Å². The van der Waals surface area contributed by atoms with Crippen molar-refractivity contribution in [3.8, 4) is 0 Å². The minimum atomic E-state index is -10.3. The summed E-state index contributed by atoms with van der Waals surface area (Å²) in [4.78, 5) is 44.7. The molecular weight excluding hydrogens is 716 g/mol. The van der Waals surface area contributed by atoms with Crippen molar-refractivity contribution in [2.45, 2.75) is 81.4 Å². The molecule has 51 heavy (non-hydrogen) atoms. The maximum atomic E-state index is 14.7. The van der Waals surface area contributed by atoms with Crippen molar-refractivity contribution in [3.05, 3.63) is 89.7 Å². The summed E-state index contributed by atoms with van der Waals surface area (Å²) in [5.74, 6) is -2.62. The molecule has 0 aliphatic carbocycles. The minimum Gasteiger partial charge on any atom is -0.444 e. The first-order valence-electron chi connectivity index (χ1n) is 15.3. The molecule has 0 radical (unpaired) electrons. The van der Waals surface area contributed by atoms with E-state index in [-0.39, 0.29) is 12.1 Å². The number of nitrogens with zero attached hydrogens (tertiary/aromatic N) is 3. The molecule has 1 saturated heterocycles. The lowest BCUT2D eigenvalue weighted by Gasteiger charge is -2.41. The first-order valence-corrected chi connectivity index (χ1v) is 17.3. The number of amides is 3. The van der Waals surface area contributed by atoms with Crippen LogP contribution < -0.4 is 10.2 Å². The lowest BCUT2D eigenvalue weighted by Crippen LogP contribution is -2.53. The lowest BCUT2D eigenvalue weighted by molar-refractivity contribution is -0.139. The SMILES string of the molecule is C[C@H](NC(=O)C(c1cnccc1C(F)(F)F)N(C(=O)[C@H]1C[C@@](C)(O)CN1C(=O)OC(C)(C)C)c1ccc(S(F)(F)(F)(F)F)cc1)c1ccccc1. The Labute approximate surface area is 288 Å². The van der Waals surface area contributed by atoms with Crippen molar-refractivity contribution in [2.75, 3.05) is 11.4 Å². The Morgan fingerprint density at radius 3 is 2.12 bits per heavy atom. The van der Waals surface area contributed by atoms with E-state index in [0.29, 0.717) is 34.9 Å². The number of likely N-dealkylation sites (tertiary alicyclic amines) is 1. The molecule has 18 heteroatoms. The largest absolute Gasteiger partial charge is 0.444 e. The van der Waals surface area contributed by atoms with E-state index in [1.165, 1.54) is 34.6 Å². The van der Waals surface area contributed by atoms with Gasteiger partial charge in [-0.25, -0.2) is 4.79 Å². The molecule has 0 saturated carbocycles. The number of benzene rings is 2. The number of halogens is 8. The van der Waals surface area contributed by atoms with Crippen LogP contribution in [0.2, 0.25) is 0 Å². The van der Waals surface area contributed by atoms with Crippen LogP contribution in [0.5, 0.6) is 0 Å². The second-order valence-electron chi connectivity index (χ2n) is 13.5. The van der Waals surface area contributed by atoms with E-state index >= 15 is 0 Å². The first kappa shape index (κ1) is 39.3. The normalized spacial score (nSPS) is 20.8. The number of aliphatic hydroxyl groups is 1. The van der Waals surface area contributed by atoms with E-state index < -0.39 is 98.3 Å². The van der Waals surface area contributed by atoms with Gasteiger partial charge in [-0.15, -0.1) is 0 Å². The van der Waals surface area contributed by atoms with E-state index in [1.54, 1.807) is 30.3 Å². The molecule has 1 aliphatic rings. The average molecular weight is 753 g/mol. The maximum absolute atomic E-state index is 14.7. The molecule has 280 valence electrons. The van der Waals surface area contributed by atoms with E-state index in [2.05, 4.69) is 10.3 Å². The van der Waals surface area contributed by atoms with Crippen LogP contribution in [0.4, 0.5) is 43.1 Å². The molecule has 0 bridgehead atoms. The summed E-state index contributed by atoms with van der Waals surface area (Å²) in [5.41, 5.74) is -5.54. The number of nitrogens with one attached hydrogen (secondary N) is 1. The summed E-state index contributed by atoms with van der Waals surface area (Å²) in [6, 6.07) is 4.22. The molecule has 4 rings (SSSR count). The highest BCUT2D eigenvalue weighted by Gasteiger charge is 2.65. The summed E-state index contributed by atoms with van der Waals surface area (Å²) in [7, 11) is -10.3. The summed E-state index contributed by atoms with van der Waals surface area (Å²) in [5, 5.41) is 13.5. The van der Waals surface area contributed by atoms with Crippen LogP contribution in [-0.4, -0.2) is 56.7 Å². The van der Waals surface area contributed by atoms with Crippen LogP contribution in [0.15, 0.2) is 78.0 Å². The van der Waals surface area contributed by atoms with Gasteiger partial charge in [0, 0.05) is 30.1 Å². The van der Waals surface area contributed by atoms with E-state index in [0.717, 1.165) is 11.1 Å². The standard InChI is InChI=1S/C33H36F8N4O5S/c1-20(21-9-7-6-8-10-21)43-28(46)27(24-18-42-16-15-25(24)33(34,35)36)45(22-11-13-23(14-12-22)51(37,38,39,40)41)29(47)26-17-32(5,49)19-44(26)30(48)50-31(2,3)4/h6-16,18,20,26-27,49H,17,19H2,1-5H3,(H,43,46)/t20-,26+,27?,32+/m0/s1. The number of anilines is 1. The highest BCUT2D eigenvalue weighted by molar-refractivity contribution is 8.45. The van der Waals surface area contributed by atoms with Crippen molar-refractivity contribution in [3.63, 3.8) is 0 Å². The quantitative estimate of drug-likeness (QED) is 0.224. The molecule has 1 fully saturated rings. The van der Waals surface area contributed by atoms with Gasteiger partial charge in [0.05, 0.1) is 23.8 Å². The number of alkyl halides is 3. The molecule has 2 N–H and O–H groups in total. The number of carbonyl (C=O) groups is 3. The zero-order valence-electron chi connectivity index (χ0n) is 27.9. The summed E-state index contributed by atoms with van der Waals surface area (Å²) in [6.45, 7) is 6.69. The van der Waals surface area contributed by atoms with E-state index in [4.69, 9.17) is 4.74 Å². The van der Waals surface area contributed by atoms with Gasteiger partial charge in [-0.3, -0.25) is 24.4 Å². The smallest absolute Gasteiger partial charge is 0.416 e. The zero-order chi connectivity index (χ0) is 38.4. The van der Waals surface area contributed by atoms with E-state index in [9.17, 15) is 52.1 Å². The highest BCUT2D eigenvalue weighted by Crippen LogP contribution is 3.02. The molecule has 3 aromatic rings. The third-order valence-electron chi connectivity index (χ3n) is 7.85. The van der Waals surface area contributed by atoms with Crippen LogP contribution in [0.1, 0.15) is 69.8 Å². The Morgan fingerprint density at radius 1 is 1.00 bits per heavy atom. The third kappa shape index (κ3) is 9.46. The maximum Gasteiger partial charge on any atom is 0.416 e. The summed E-state index contributed by atoms with van der Waals surface area (Å²) >= 11 is 0. The van der Waals surface area contributed by atoms with Gasteiger partial charge in [-0.2, -0.15) is 13.2 Å². The lowest BCUT2D eigenvalue weighted by atomic mass is 9.96. The molecule has 1 aliphatic heterocycles. The molecule has 3 amide bonds. The van der Waals surface area contributed by atoms with Crippen LogP contribution in [0, 0.1) is 0 Å². The topological polar surface area (TPSA) is 112 Å². The fraction of sp³-hybridized carbons (Fsp3) is 0.394. The highest BCUT2D eigenvalue weighted by atomic mass is 32.5. The molecule has 1 unspecified atom stereocenters. The number of rotatable bonds is 8. The zero-order valence-corrected chi connectivity index (χ0v) is 28.7. The molecular formula is C33H36F8N4O5S. The second-order valence-corrected chi connectivity index (χ2v) is 15.9. The van der Waals surface area contributed by atoms with Crippen molar-refractivity contribution in [2.24, 2.45) is 0 Å². The summed E-state index contributed by atoms with van der Waals surface area (Å²) < 4.78 is 117. The Morgan fingerprint density at radius 2 is 1.59 bits per heavy atom. The Bertz CT molecular complexity index is 1790. The van der Waals surface area contributed by atoms with Crippen molar-refractivity contribution in [1.82, 2.24) is 15.2 Å². The fourth-order valence-corrected chi connectivity index (χ4v) is 6.28. The number of β-amino-alcohol motifs (C(OH)–C–C–N with tert-alkyl or cyclic N) is 1. The van der Waals surface area contributed by atoms with Crippen LogP contribution in [-0.2, 0) is 20.5 Å². The van der Waals surface area contributed by atoms with Gasteiger partial charge in [-0.05, 0) is 70.5 Å². The predicted molar refractivity (Wildman–Crippen MR) is 172 cm³/mol. The monoisotopic (exact) mass is 752 g/mol. The number of pyridine rings is 1. The number of ether oxygens (including phenoxy) is 1. The van der Waals surface area contributed by atoms with Crippen LogP contribution in [0.3, 0.4) is 0 Å².